The number of rotatable bonds is 5. The van der Waals surface area contributed by atoms with Crippen LogP contribution in [0.1, 0.15) is 30.5 Å². The van der Waals surface area contributed by atoms with Crippen molar-refractivity contribution < 1.29 is 5.11 Å². The van der Waals surface area contributed by atoms with E-state index in [9.17, 15) is 5.11 Å². The monoisotopic (exact) mass is 344 g/mol. The smallest absolute Gasteiger partial charge is 0.0706 e. The molecule has 0 spiro atoms. The molecule has 0 aromatic heterocycles. The third-order valence-electron chi connectivity index (χ3n) is 4.84. The van der Waals surface area contributed by atoms with Crippen LogP contribution in [0, 0.1) is 0 Å². The van der Waals surface area contributed by atoms with Gasteiger partial charge in [0.1, 0.15) is 0 Å². The van der Waals surface area contributed by atoms with Gasteiger partial charge >= 0.3 is 0 Å². The number of piperazine rings is 1. The van der Waals surface area contributed by atoms with Gasteiger partial charge in [0.05, 0.1) is 18.2 Å². The third kappa shape index (κ3) is 3.81. The molecule has 128 valence electrons. The van der Waals surface area contributed by atoms with Crippen LogP contribution in [0.25, 0.3) is 0 Å². The van der Waals surface area contributed by atoms with Gasteiger partial charge in [-0.25, -0.2) is 4.42 Å². The zero-order chi connectivity index (χ0) is 16.9. The number of hydrogen-bond acceptors (Lipinski definition) is 3. The summed E-state index contributed by atoms with van der Waals surface area (Å²) in [6.07, 6.45) is 0.337. The quantitative estimate of drug-likeness (QED) is 0.838. The lowest BCUT2D eigenvalue weighted by Crippen LogP contribution is -2.56. The van der Waals surface area contributed by atoms with Gasteiger partial charge in [-0.05, 0) is 29.3 Å². The molecule has 2 aromatic carbocycles. The minimum absolute atomic E-state index is 0.0201. The van der Waals surface area contributed by atoms with Gasteiger partial charge in [0.15, 0.2) is 0 Å². The fourth-order valence-corrected chi connectivity index (χ4v) is 3.79. The molecule has 3 nitrogen and oxygen atoms in total. The van der Waals surface area contributed by atoms with Crippen LogP contribution in [0.15, 0.2) is 60.7 Å². The van der Waals surface area contributed by atoms with E-state index in [1.807, 2.05) is 19.1 Å². The lowest BCUT2D eigenvalue weighted by Gasteiger charge is -2.45. The highest BCUT2D eigenvalue weighted by Gasteiger charge is 2.36. The van der Waals surface area contributed by atoms with Crippen LogP contribution in [-0.2, 0) is 0 Å². The van der Waals surface area contributed by atoms with Crippen molar-refractivity contribution in [3.8, 4) is 0 Å². The van der Waals surface area contributed by atoms with Crippen molar-refractivity contribution in [2.45, 2.75) is 31.5 Å². The molecule has 3 rings (SSSR count). The average Bonchev–Trinajstić information content (AvgIpc) is 2.64. The summed E-state index contributed by atoms with van der Waals surface area (Å²) < 4.78 is 1.80. The number of halogens is 1. The Kier molecular flexibility index (Phi) is 5.90. The van der Waals surface area contributed by atoms with Gasteiger partial charge in [0.2, 0.25) is 0 Å². The van der Waals surface area contributed by atoms with E-state index in [-0.39, 0.29) is 18.2 Å². The van der Waals surface area contributed by atoms with Crippen LogP contribution in [0.3, 0.4) is 0 Å². The van der Waals surface area contributed by atoms with Gasteiger partial charge in [0, 0.05) is 19.6 Å². The van der Waals surface area contributed by atoms with Crippen molar-refractivity contribution in [3.63, 3.8) is 0 Å². The first-order chi connectivity index (χ1) is 11.7. The molecule has 0 amide bonds. The van der Waals surface area contributed by atoms with Gasteiger partial charge in [-0.2, -0.15) is 0 Å². The summed E-state index contributed by atoms with van der Waals surface area (Å²) in [6, 6.07) is 21.2. The summed E-state index contributed by atoms with van der Waals surface area (Å²) in [5.41, 5.74) is 2.50. The SMILES string of the molecule is CCC(O)C1CN(Cl)CCN1C(c1ccccc1)c1ccccc1. The molecular weight excluding hydrogens is 320 g/mol. The number of benzene rings is 2. The van der Waals surface area contributed by atoms with Crippen molar-refractivity contribution in [1.82, 2.24) is 9.32 Å². The first-order valence-corrected chi connectivity index (χ1v) is 8.99. The molecule has 2 unspecified atom stereocenters. The number of nitrogens with zero attached hydrogens (tertiary/aromatic N) is 2. The normalized spacial score (nSPS) is 21.1. The van der Waals surface area contributed by atoms with E-state index in [0.29, 0.717) is 6.54 Å². The molecule has 1 saturated heterocycles. The highest BCUT2D eigenvalue weighted by molar-refractivity contribution is 6.13. The molecular formula is C20H25ClN2O. The highest BCUT2D eigenvalue weighted by Crippen LogP contribution is 2.33. The fourth-order valence-electron chi connectivity index (χ4n) is 3.57. The second-order valence-electron chi connectivity index (χ2n) is 6.37. The molecule has 4 heteroatoms. The van der Waals surface area contributed by atoms with Gasteiger partial charge in [-0.15, -0.1) is 0 Å². The summed E-state index contributed by atoms with van der Waals surface area (Å²) in [5, 5.41) is 10.6. The highest BCUT2D eigenvalue weighted by atomic mass is 35.5. The Labute approximate surface area is 149 Å². The number of aliphatic hydroxyl groups excluding tert-OH is 1. The maximum Gasteiger partial charge on any atom is 0.0706 e. The number of hydrogen-bond donors (Lipinski definition) is 1. The first-order valence-electron chi connectivity index (χ1n) is 8.65. The van der Waals surface area contributed by atoms with E-state index >= 15 is 0 Å². The molecule has 0 radical (unpaired) electrons. The molecule has 0 bridgehead atoms. The zero-order valence-corrected chi connectivity index (χ0v) is 14.8. The topological polar surface area (TPSA) is 26.7 Å². The number of aliphatic hydroxyl groups is 1. The molecule has 1 N–H and O–H groups in total. The Morgan fingerprint density at radius 3 is 2.04 bits per heavy atom. The van der Waals surface area contributed by atoms with E-state index in [2.05, 4.69) is 53.4 Å². The molecule has 2 atom stereocenters. The minimum atomic E-state index is -0.388. The van der Waals surface area contributed by atoms with E-state index in [1.165, 1.54) is 11.1 Å². The third-order valence-corrected chi connectivity index (χ3v) is 5.14. The van der Waals surface area contributed by atoms with E-state index < -0.39 is 0 Å². The summed E-state index contributed by atoms with van der Waals surface area (Å²) in [6.45, 7) is 4.33. The van der Waals surface area contributed by atoms with E-state index in [0.717, 1.165) is 19.5 Å². The maximum absolute atomic E-state index is 10.6. The van der Waals surface area contributed by atoms with Crippen molar-refractivity contribution in [3.05, 3.63) is 71.8 Å². The summed E-state index contributed by atoms with van der Waals surface area (Å²) in [5.74, 6) is 0. The van der Waals surface area contributed by atoms with Gasteiger partial charge in [0.25, 0.3) is 0 Å². The Hall–Kier alpha value is -1.39. The Morgan fingerprint density at radius 1 is 1.00 bits per heavy atom. The van der Waals surface area contributed by atoms with Crippen molar-refractivity contribution in [1.29, 1.82) is 0 Å². The van der Waals surface area contributed by atoms with Crippen molar-refractivity contribution in [2.75, 3.05) is 19.6 Å². The van der Waals surface area contributed by atoms with E-state index in [4.69, 9.17) is 11.8 Å². The molecule has 0 aliphatic carbocycles. The first kappa shape index (κ1) is 17.4. The van der Waals surface area contributed by atoms with Crippen LogP contribution in [0.4, 0.5) is 0 Å². The molecule has 1 heterocycles. The largest absolute Gasteiger partial charge is 0.391 e. The lowest BCUT2D eigenvalue weighted by atomic mass is 9.93. The van der Waals surface area contributed by atoms with Gasteiger partial charge in [-0.1, -0.05) is 67.6 Å². The average molecular weight is 345 g/mol. The van der Waals surface area contributed by atoms with Crippen molar-refractivity contribution >= 4 is 11.8 Å². The molecule has 2 aromatic rings. The fraction of sp³-hybridized carbons (Fsp3) is 0.400. The second-order valence-corrected chi connectivity index (χ2v) is 6.85. The van der Waals surface area contributed by atoms with Crippen molar-refractivity contribution in [2.24, 2.45) is 0 Å². The lowest BCUT2D eigenvalue weighted by molar-refractivity contribution is -0.00290. The maximum atomic E-state index is 10.6. The second kappa shape index (κ2) is 8.13. The molecule has 1 aliphatic rings. The predicted octanol–water partition coefficient (Wildman–Crippen LogP) is 3.69. The molecule has 1 aliphatic heterocycles. The standard InChI is InChI=1S/C20H25ClN2O/c1-2-19(24)18-15-22(21)13-14-23(18)20(16-9-5-3-6-10-16)17-11-7-4-8-12-17/h3-12,18-20,24H,2,13-15H2,1H3. The van der Waals surface area contributed by atoms with Crippen LogP contribution in [0.5, 0.6) is 0 Å². The zero-order valence-electron chi connectivity index (χ0n) is 14.1. The Morgan fingerprint density at radius 2 is 1.54 bits per heavy atom. The van der Waals surface area contributed by atoms with Crippen LogP contribution in [0.2, 0.25) is 0 Å². The van der Waals surface area contributed by atoms with Crippen LogP contribution in [-0.4, -0.2) is 46.2 Å². The summed E-state index contributed by atoms with van der Waals surface area (Å²) in [7, 11) is 0. The van der Waals surface area contributed by atoms with Gasteiger partial charge < -0.3 is 5.11 Å². The van der Waals surface area contributed by atoms with E-state index in [1.54, 1.807) is 4.42 Å². The predicted molar refractivity (Wildman–Crippen MR) is 98.9 cm³/mol. The van der Waals surface area contributed by atoms with Crippen LogP contribution < -0.4 is 0 Å². The summed E-state index contributed by atoms with van der Waals surface area (Å²) in [4.78, 5) is 2.41. The molecule has 0 saturated carbocycles. The Bertz CT molecular complexity index is 583. The molecule has 1 fully saturated rings. The summed E-state index contributed by atoms with van der Waals surface area (Å²) >= 11 is 6.27. The minimum Gasteiger partial charge on any atom is -0.391 e. The Balaban J connectivity index is 2.00. The van der Waals surface area contributed by atoms with Crippen LogP contribution >= 0.6 is 11.8 Å². The van der Waals surface area contributed by atoms with Gasteiger partial charge in [-0.3, -0.25) is 4.90 Å². The molecule has 24 heavy (non-hydrogen) atoms.